The molecule has 1 unspecified atom stereocenters. The van der Waals surface area contributed by atoms with Crippen molar-refractivity contribution in [2.45, 2.75) is 25.3 Å². The molecule has 1 aliphatic rings. The average Bonchev–Trinajstić information content (AvgIpc) is 3.11. The first-order valence-corrected chi connectivity index (χ1v) is 9.73. The van der Waals surface area contributed by atoms with Gasteiger partial charge in [0.05, 0.1) is 36.3 Å². The highest BCUT2D eigenvalue weighted by molar-refractivity contribution is 7.88. The average molecular weight is 360 g/mol. The second-order valence-electron chi connectivity index (χ2n) is 5.92. The fraction of sp³-hybridized carbons (Fsp3) is 0.412. The smallest absolute Gasteiger partial charge is 0.218 e. The van der Waals surface area contributed by atoms with E-state index in [-0.39, 0.29) is 18.4 Å². The normalized spacial score (nSPS) is 18.8. The van der Waals surface area contributed by atoms with Crippen LogP contribution >= 0.6 is 0 Å². The highest BCUT2D eigenvalue weighted by Gasteiger charge is 2.31. The van der Waals surface area contributed by atoms with Gasteiger partial charge < -0.3 is 4.74 Å². The molecule has 8 heteroatoms. The van der Waals surface area contributed by atoms with E-state index in [9.17, 15) is 8.42 Å². The van der Waals surface area contributed by atoms with E-state index in [0.29, 0.717) is 24.3 Å². The third-order valence-corrected chi connectivity index (χ3v) is 5.99. The molecule has 1 saturated heterocycles. The molecule has 0 bridgehead atoms. The lowest BCUT2D eigenvalue weighted by Crippen LogP contribution is -2.42. The number of benzene rings is 1. The number of nitriles is 1. The van der Waals surface area contributed by atoms with Crippen LogP contribution in [-0.2, 0) is 27.1 Å². The van der Waals surface area contributed by atoms with Crippen LogP contribution in [0.5, 0.6) is 0 Å². The Balaban J connectivity index is 1.74. The molecular weight excluding hydrogens is 340 g/mol. The molecule has 0 aliphatic carbocycles. The van der Waals surface area contributed by atoms with Gasteiger partial charge in [-0.15, -0.1) is 0 Å². The Morgan fingerprint density at radius 1 is 1.44 bits per heavy atom. The molecule has 1 aromatic carbocycles. The number of hydrogen-bond donors (Lipinski definition) is 0. The number of aryl methyl sites for hydroxylation is 1. The van der Waals surface area contributed by atoms with Crippen molar-refractivity contribution in [2.75, 3.05) is 19.7 Å². The van der Waals surface area contributed by atoms with Crippen molar-refractivity contribution in [3.63, 3.8) is 0 Å². The van der Waals surface area contributed by atoms with Gasteiger partial charge in [0, 0.05) is 31.4 Å². The number of sulfonamides is 1. The molecule has 2 aromatic rings. The number of nitrogens with zero attached hydrogens (tertiary/aromatic N) is 4. The SMILES string of the molecule is CCn1cc(C2CN(S(=O)(=O)Cc3cccc(C#N)c3)CCO2)cn1. The summed E-state index contributed by atoms with van der Waals surface area (Å²) in [5, 5.41) is 13.2. The Kier molecular flexibility index (Phi) is 5.18. The van der Waals surface area contributed by atoms with Crippen molar-refractivity contribution < 1.29 is 13.2 Å². The fourth-order valence-corrected chi connectivity index (χ4v) is 4.33. The number of rotatable bonds is 5. The van der Waals surface area contributed by atoms with Crippen molar-refractivity contribution in [3.05, 3.63) is 53.3 Å². The maximum absolute atomic E-state index is 12.8. The maximum atomic E-state index is 12.8. The summed E-state index contributed by atoms with van der Waals surface area (Å²) >= 11 is 0. The summed E-state index contributed by atoms with van der Waals surface area (Å²) in [6, 6.07) is 8.73. The number of hydrogen-bond acceptors (Lipinski definition) is 5. The lowest BCUT2D eigenvalue weighted by Gasteiger charge is -2.31. The fourth-order valence-electron chi connectivity index (χ4n) is 2.83. The van der Waals surface area contributed by atoms with E-state index in [4.69, 9.17) is 10.00 Å². The molecule has 25 heavy (non-hydrogen) atoms. The Morgan fingerprint density at radius 3 is 3.00 bits per heavy atom. The van der Waals surface area contributed by atoms with Gasteiger partial charge in [0.25, 0.3) is 0 Å². The Hall–Kier alpha value is -2.21. The summed E-state index contributed by atoms with van der Waals surface area (Å²) in [5.74, 6) is -0.122. The first kappa shape index (κ1) is 17.6. The molecule has 7 nitrogen and oxygen atoms in total. The molecule has 0 amide bonds. The van der Waals surface area contributed by atoms with Crippen LogP contribution in [0.3, 0.4) is 0 Å². The summed E-state index contributed by atoms with van der Waals surface area (Å²) in [7, 11) is -3.48. The highest BCUT2D eigenvalue weighted by Crippen LogP contribution is 2.25. The van der Waals surface area contributed by atoms with Crippen molar-refractivity contribution in [3.8, 4) is 6.07 Å². The van der Waals surface area contributed by atoms with Crippen molar-refractivity contribution in [2.24, 2.45) is 0 Å². The van der Waals surface area contributed by atoms with Gasteiger partial charge >= 0.3 is 0 Å². The predicted molar refractivity (Wildman–Crippen MR) is 91.9 cm³/mol. The minimum Gasteiger partial charge on any atom is -0.371 e. The molecule has 0 saturated carbocycles. The zero-order valence-corrected chi connectivity index (χ0v) is 14.8. The molecule has 0 N–H and O–H groups in total. The van der Waals surface area contributed by atoms with E-state index in [2.05, 4.69) is 5.10 Å². The van der Waals surface area contributed by atoms with Crippen molar-refractivity contribution in [1.29, 1.82) is 5.26 Å². The van der Waals surface area contributed by atoms with Crippen molar-refractivity contribution in [1.82, 2.24) is 14.1 Å². The number of aromatic nitrogens is 2. The van der Waals surface area contributed by atoms with E-state index in [1.165, 1.54) is 4.31 Å². The van der Waals surface area contributed by atoms with Gasteiger partial charge in [0.2, 0.25) is 10.0 Å². The molecule has 0 radical (unpaired) electrons. The van der Waals surface area contributed by atoms with Gasteiger partial charge in [-0.2, -0.15) is 14.7 Å². The first-order chi connectivity index (χ1) is 12.0. The first-order valence-electron chi connectivity index (χ1n) is 8.12. The quantitative estimate of drug-likeness (QED) is 0.809. The second-order valence-corrected chi connectivity index (χ2v) is 7.88. The minimum atomic E-state index is -3.48. The Bertz CT molecular complexity index is 885. The molecule has 132 valence electrons. The lowest BCUT2D eigenvalue weighted by molar-refractivity contribution is -0.00265. The topological polar surface area (TPSA) is 88.2 Å². The minimum absolute atomic E-state index is 0.122. The number of ether oxygens (including phenoxy) is 1. The molecule has 1 atom stereocenters. The van der Waals surface area contributed by atoms with Gasteiger partial charge in [-0.1, -0.05) is 12.1 Å². The third-order valence-electron chi connectivity index (χ3n) is 4.18. The van der Waals surface area contributed by atoms with Crippen molar-refractivity contribution >= 4 is 10.0 Å². The number of morpholine rings is 1. The van der Waals surface area contributed by atoms with Crippen LogP contribution in [0, 0.1) is 11.3 Å². The lowest BCUT2D eigenvalue weighted by atomic mass is 10.2. The molecular formula is C17H20N4O3S. The summed E-state index contributed by atoms with van der Waals surface area (Å²) in [6.45, 7) is 3.70. The third kappa shape index (κ3) is 4.07. The van der Waals surface area contributed by atoms with E-state index >= 15 is 0 Å². The molecule has 0 spiro atoms. The van der Waals surface area contributed by atoms with Crippen LogP contribution in [0.2, 0.25) is 0 Å². The monoisotopic (exact) mass is 360 g/mol. The summed E-state index contributed by atoms with van der Waals surface area (Å²) < 4.78 is 34.5. The molecule has 3 rings (SSSR count). The molecule has 2 heterocycles. The van der Waals surface area contributed by atoms with Crippen LogP contribution < -0.4 is 0 Å². The van der Waals surface area contributed by atoms with Crippen LogP contribution in [0.1, 0.15) is 29.7 Å². The molecule has 1 aliphatic heterocycles. The summed E-state index contributed by atoms with van der Waals surface area (Å²) in [4.78, 5) is 0. The van der Waals surface area contributed by atoms with E-state index in [0.717, 1.165) is 12.1 Å². The van der Waals surface area contributed by atoms with Crippen LogP contribution in [0.15, 0.2) is 36.7 Å². The van der Waals surface area contributed by atoms with Gasteiger partial charge in [-0.25, -0.2) is 8.42 Å². The zero-order valence-electron chi connectivity index (χ0n) is 14.0. The highest BCUT2D eigenvalue weighted by atomic mass is 32.2. The predicted octanol–water partition coefficient (Wildman–Crippen LogP) is 1.68. The van der Waals surface area contributed by atoms with Gasteiger partial charge in [-0.3, -0.25) is 4.68 Å². The van der Waals surface area contributed by atoms with Crippen LogP contribution in [0.25, 0.3) is 0 Å². The standard InChI is InChI=1S/C17H20N4O3S/c1-2-20-11-16(10-19-20)17-12-21(6-7-24-17)25(22,23)13-15-5-3-4-14(8-15)9-18/h3-5,8,10-11,17H,2,6-7,12-13H2,1H3. The van der Waals surface area contributed by atoms with Crippen LogP contribution in [-0.4, -0.2) is 42.2 Å². The summed E-state index contributed by atoms with van der Waals surface area (Å²) in [6.07, 6.45) is 3.30. The van der Waals surface area contributed by atoms with Crippen LogP contribution in [0.4, 0.5) is 0 Å². The van der Waals surface area contributed by atoms with E-state index in [1.54, 1.807) is 35.1 Å². The van der Waals surface area contributed by atoms with Gasteiger partial charge in [0.1, 0.15) is 0 Å². The van der Waals surface area contributed by atoms with E-state index in [1.807, 2.05) is 19.2 Å². The molecule has 1 fully saturated rings. The van der Waals surface area contributed by atoms with Gasteiger partial charge in [-0.05, 0) is 24.6 Å². The zero-order chi connectivity index (χ0) is 17.9. The maximum Gasteiger partial charge on any atom is 0.218 e. The summed E-state index contributed by atoms with van der Waals surface area (Å²) in [5.41, 5.74) is 1.95. The molecule has 1 aromatic heterocycles. The largest absolute Gasteiger partial charge is 0.371 e. The Morgan fingerprint density at radius 2 is 2.28 bits per heavy atom. The second kappa shape index (κ2) is 7.35. The Labute approximate surface area is 147 Å². The van der Waals surface area contributed by atoms with E-state index < -0.39 is 10.0 Å². The van der Waals surface area contributed by atoms with Gasteiger partial charge in [0.15, 0.2) is 0 Å².